The van der Waals surface area contributed by atoms with Gasteiger partial charge in [-0.05, 0) is 49.9 Å². The summed E-state index contributed by atoms with van der Waals surface area (Å²) in [6.07, 6.45) is 3.47. The van der Waals surface area contributed by atoms with Crippen LogP contribution >= 0.6 is 27.7 Å². The van der Waals surface area contributed by atoms with E-state index in [-0.39, 0.29) is 5.97 Å². The number of carbonyl (C=O) groups excluding carboxylic acids is 1. The van der Waals surface area contributed by atoms with Crippen LogP contribution in [0.15, 0.2) is 33.6 Å². The molecular weight excluding hydrogens is 326 g/mol. The third-order valence-corrected chi connectivity index (χ3v) is 5.26. The van der Waals surface area contributed by atoms with Crippen LogP contribution in [0.1, 0.15) is 25.7 Å². The molecule has 0 bridgehead atoms. The molecule has 0 spiro atoms. The molecule has 2 unspecified atom stereocenters. The van der Waals surface area contributed by atoms with Crippen LogP contribution in [0.2, 0.25) is 0 Å². The summed E-state index contributed by atoms with van der Waals surface area (Å²) in [6.45, 7) is 0. The van der Waals surface area contributed by atoms with Gasteiger partial charge in [0.1, 0.15) is 5.54 Å². The second kappa shape index (κ2) is 6.29. The maximum atomic E-state index is 11.8. The fourth-order valence-electron chi connectivity index (χ4n) is 2.45. The van der Waals surface area contributed by atoms with Crippen LogP contribution in [0, 0.1) is 0 Å². The Bertz CT molecular complexity index is 451. The number of thioether (sulfide) groups is 1. The molecule has 0 heterocycles. The summed E-state index contributed by atoms with van der Waals surface area (Å²) < 4.78 is 5.90. The van der Waals surface area contributed by atoms with E-state index >= 15 is 0 Å². The number of hydrogen-bond acceptors (Lipinski definition) is 4. The first-order valence-electron chi connectivity index (χ1n) is 6.33. The third kappa shape index (κ3) is 3.74. The van der Waals surface area contributed by atoms with E-state index in [0.29, 0.717) is 11.7 Å². The first kappa shape index (κ1) is 14.9. The molecule has 2 N–H and O–H groups in total. The van der Waals surface area contributed by atoms with Crippen LogP contribution < -0.4 is 5.73 Å². The quantitative estimate of drug-likeness (QED) is 0.855. The number of esters is 1. The average molecular weight is 344 g/mol. The molecule has 104 valence electrons. The van der Waals surface area contributed by atoms with Crippen LogP contribution in [0.5, 0.6) is 0 Å². The Labute approximate surface area is 126 Å². The van der Waals surface area contributed by atoms with Crippen molar-refractivity contribution in [2.75, 3.05) is 7.11 Å². The maximum Gasteiger partial charge on any atom is 0.325 e. The topological polar surface area (TPSA) is 52.3 Å². The standard InChI is InChI=1S/C14H18BrNO2S/c1-18-13(17)14(16)8-2-3-12(9-14)19-11-6-4-10(15)5-7-11/h4-7,12H,2-3,8-9,16H2,1H3. The molecule has 1 saturated carbocycles. The van der Waals surface area contributed by atoms with Gasteiger partial charge in [0.05, 0.1) is 7.11 Å². The summed E-state index contributed by atoms with van der Waals surface area (Å²) in [5.74, 6) is -0.284. The first-order chi connectivity index (χ1) is 9.03. The van der Waals surface area contributed by atoms with Crippen LogP contribution in [0.3, 0.4) is 0 Å². The van der Waals surface area contributed by atoms with Crippen molar-refractivity contribution in [3.05, 3.63) is 28.7 Å². The molecule has 1 fully saturated rings. The van der Waals surface area contributed by atoms with Gasteiger partial charge in [-0.25, -0.2) is 0 Å². The predicted molar refractivity (Wildman–Crippen MR) is 81.2 cm³/mol. The highest BCUT2D eigenvalue weighted by molar-refractivity contribution is 9.10. The second-order valence-electron chi connectivity index (χ2n) is 4.94. The molecule has 0 amide bonds. The third-order valence-electron chi connectivity index (χ3n) is 3.45. The van der Waals surface area contributed by atoms with Crippen molar-refractivity contribution < 1.29 is 9.53 Å². The van der Waals surface area contributed by atoms with E-state index in [1.165, 1.54) is 12.0 Å². The van der Waals surface area contributed by atoms with Gasteiger partial charge in [-0.1, -0.05) is 15.9 Å². The number of halogens is 1. The van der Waals surface area contributed by atoms with Gasteiger partial charge in [-0.3, -0.25) is 4.79 Å². The van der Waals surface area contributed by atoms with Crippen molar-refractivity contribution in [2.24, 2.45) is 5.73 Å². The van der Waals surface area contributed by atoms with Gasteiger partial charge >= 0.3 is 5.97 Å². The monoisotopic (exact) mass is 343 g/mol. The smallest absolute Gasteiger partial charge is 0.325 e. The van der Waals surface area contributed by atoms with Crippen molar-refractivity contribution in [1.82, 2.24) is 0 Å². The highest BCUT2D eigenvalue weighted by Gasteiger charge is 2.40. The lowest BCUT2D eigenvalue weighted by molar-refractivity contribution is -0.148. The van der Waals surface area contributed by atoms with Crippen LogP contribution in [0.4, 0.5) is 0 Å². The lowest BCUT2D eigenvalue weighted by Gasteiger charge is -2.35. The lowest BCUT2D eigenvalue weighted by Crippen LogP contribution is -2.52. The Morgan fingerprint density at radius 2 is 2.16 bits per heavy atom. The maximum absolute atomic E-state index is 11.8. The van der Waals surface area contributed by atoms with Gasteiger partial charge in [-0.2, -0.15) is 0 Å². The van der Waals surface area contributed by atoms with E-state index in [1.807, 2.05) is 12.1 Å². The average Bonchev–Trinajstić information content (AvgIpc) is 2.40. The largest absolute Gasteiger partial charge is 0.468 e. The van der Waals surface area contributed by atoms with E-state index in [2.05, 4.69) is 28.1 Å². The van der Waals surface area contributed by atoms with E-state index in [4.69, 9.17) is 10.5 Å². The molecule has 1 aliphatic carbocycles. The zero-order valence-corrected chi connectivity index (χ0v) is 13.3. The predicted octanol–water partition coefficient (Wildman–Crippen LogP) is 3.35. The summed E-state index contributed by atoms with van der Waals surface area (Å²) in [6, 6.07) is 8.22. The zero-order chi connectivity index (χ0) is 13.9. The molecule has 1 aromatic rings. The molecule has 0 radical (unpaired) electrons. The Balaban J connectivity index is 2.01. The summed E-state index contributed by atoms with van der Waals surface area (Å²) in [5.41, 5.74) is 5.38. The number of rotatable bonds is 3. The van der Waals surface area contributed by atoms with E-state index < -0.39 is 5.54 Å². The fourth-order valence-corrected chi connectivity index (χ4v) is 4.06. The molecule has 19 heavy (non-hydrogen) atoms. The highest BCUT2D eigenvalue weighted by Crippen LogP contribution is 2.38. The van der Waals surface area contributed by atoms with Crippen LogP contribution in [-0.2, 0) is 9.53 Å². The van der Waals surface area contributed by atoms with Gasteiger partial charge in [0.15, 0.2) is 0 Å². The number of hydrogen-bond donors (Lipinski definition) is 1. The Morgan fingerprint density at radius 1 is 1.47 bits per heavy atom. The second-order valence-corrected chi connectivity index (χ2v) is 7.23. The molecule has 5 heteroatoms. The van der Waals surface area contributed by atoms with Gasteiger partial charge in [0.25, 0.3) is 0 Å². The van der Waals surface area contributed by atoms with Gasteiger partial charge in [0.2, 0.25) is 0 Å². The number of ether oxygens (including phenoxy) is 1. The Morgan fingerprint density at radius 3 is 2.79 bits per heavy atom. The normalized spacial score (nSPS) is 27.0. The lowest BCUT2D eigenvalue weighted by atomic mass is 9.82. The Hall–Kier alpha value is -0.520. The number of methoxy groups -OCH3 is 1. The van der Waals surface area contributed by atoms with Crippen LogP contribution in [0.25, 0.3) is 0 Å². The molecule has 1 aliphatic rings. The highest BCUT2D eigenvalue weighted by atomic mass is 79.9. The Kier molecular flexibility index (Phi) is 4.92. The molecule has 2 rings (SSSR count). The van der Waals surface area contributed by atoms with E-state index in [0.717, 1.165) is 23.7 Å². The number of carbonyl (C=O) groups is 1. The molecule has 1 aromatic carbocycles. The van der Waals surface area contributed by atoms with Crippen molar-refractivity contribution in [1.29, 1.82) is 0 Å². The molecule has 3 nitrogen and oxygen atoms in total. The van der Waals surface area contributed by atoms with Crippen molar-refractivity contribution in [3.63, 3.8) is 0 Å². The molecular formula is C14H18BrNO2S. The van der Waals surface area contributed by atoms with Crippen molar-refractivity contribution in [3.8, 4) is 0 Å². The van der Waals surface area contributed by atoms with Crippen LogP contribution in [-0.4, -0.2) is 23.9 Å². The summed E-state index contributed by atoms with van der Waals surface area (Å²) in [7, 11) is 1.41. The van der Waals surface area contributed by atoms with E-state index in [9.17, 15) is 4.79 Å². The molecule has 0 saturated heterocycles. The number of nitrogens with two attached hydrogens (primary N) is 1. The van der Waals surface area contributed by atoms with Crippen molar-refractivity contribution in [2.45, 2.75) is 41.4 Å². The zero-order valence-electron chi connectivity index (χ0n) is 10.9. The minimum absolute atomic E-state index is 0.284. The van der Waals surface area contributed by atoms with Gasteiger partial charge < -0.3 is 10.5 Å². The SMILES string of the molecule is COC(=O)C1(N)CCCC(Sc2ccc(Br)cc2)C1. The summed E-state index contributed by atoms with van der Waals surface area (Å²) in [4.78, 5) is 13.0. The first-order valence-corrected chi connectivity index (χ1v) is 8.00. The number of benzene rings is 1. The molecule has 0 aromatic heterocycles. The fraction of sp³-hybridized carbons (Fsp3) is 0.500. The van der Waals surface area contributed by atoms with Gasteiger partial charge in [0, 0.05) is 14.6 Å². The summed E-state index contributed by atoms with van der Waals surface area (Å²) >= 11 is 5.22. The van der Waals surface area contributed by atoms with Gasteiger partial charge in [-0.15, -0.1) is 11.8 Å². The van der Waals surface area contributed by atoms with Crippen molar-refractivity contribution >= 4 is 33.7 Å². The minimum atomic E-state index is -0.806. The summed E-state index contributed by atoms with van der Waals surface area (Å²) in [5, 5.41) is 0.374. The van der Waals surface area contributed by atoms with E-state index in [1.54, 1.807) is 11.8 Å². The molecule has 2 atom stereocenters. The minimum Gasteiger partial charge on any atom is -0.468 e. The molecule has 0 aliphatic heterocycles.